The van der Waals surface area contributed by atoms with Gasteiger partial charge >= 0.3 is 5.97 Å². The molecule has 0 aliphatic rings. The standard InChI is InChI=1S/C17H15NO2/c1-12-15(13-8-4-3-5-9-13)16(17(19)20-2)14-10-6-7-11-18(12)14/h3-11H,1-2H3. The van der Waals surface area contributed by atoms with Crippen LogP contribution in [0.2, 0.25) is 0 Å². The number of carbonyl (C=O) groups is 1. The molecule has 0 saturated carbocycles. The molecule has 3 nitrogen and oxygen atoms in total. The maximum absolute atomic E-state index is 12.2. The SMILES string of the molecule is COC(=O)c1c(-c2ccccc2)c(C)n2ccccc12. The molecule has 0 unspecified atom stereocenters. The van der Waals surface area contributed by atoms with E-state index in [1.807, 2.05) is 66.1 Å². The molecule has 3 heteroatoms. The fraction of sp³-hybridized carbons (Fsp3) is 0.118. The smallest absolute Gasteiger partial charge is 0.340 e. The quantitative estimate of drug-likeness (QED) is 0.661. The van der Waals surface area contributed by atoms with Gasteiger partial charge in [-0.05, 0) is 24.6 Å². The van der Waals surface area contributed by atoms with Crippen molar-refractivity contribution in [2.45, 2.75) is 6.92 Å². The average molecular weight is 265 g/mol. The van der Waals surface area contributed by atoms with Gasteiger partial charge < -0.3 is 9.14 Å². The first-order valence-electron chi connectivity index (χ1n) is 6.47. The number of aromatic nitrogens is 1. The molecule has 3 rings (SSSR count). The molecular formula is C17H15NO2. The van der Waals surface area contributed by atoms with Crippen molar-refractivity contribution in [1.29, 1.82) is 0 Å². The highest BCUT2D eigenvalue weighted by Gasteiger charge is 2.22. The summed E-state index contributed by atoms with van der Waals surface area (Å²) in [5.74, 6) is -0.305. The van der Waals surface area contributed by atoms with Crippen molar-refractivity contribution in [1.82, 2.24) is 4.40 Å². The van der Waals surface area contributed by atoms with E-state index in [4.69, 9.17) is 4.74 Å². The first kappa shape index (κ1) is 12.5. The first-order valence-corrected chi connectivity index (χ1v) is 6.47. The zero-order chi connectivity index (χ0) is 14.1. The lowest BCUT2D eigenvalue weighted by molar-refractivity contribution is 0.0604. The molecule has 0 aliphatic heterocycles. The number of fused-ring (bicyclic) bond motifs is 1. The Morgan fingerprint density at radius 2 is 1.75 bits per heavy atom. The fourth-order valence-electron chi connectivity index (χ4n) is 2.64. The van der Waals surface area contributed by atoms with Crippen molar-refractivity contribution in [3.05, 3.63) is 66.0 Å². The second kappa shape index (κ2) is 4.85. The van der Waals surface area contributed by atoms with Gasteiger partial charge in [-0.25, -0.2) is 4.79 Å². The molecule has 0 atom stereocenters. The minimum atomic E-state index is -0.305. The molecule has 0 amide bonds. The number of esters is 1. The number of rotatable bonds is 2. The number of pyridine rings is 1. The molecule has 1 aromatic carbocycles. The molecule has 20 heavy (non-hydrogen) atoms. The number of ether oxygens (including phenoxy) is 1. The number of nitrogens with zero attached hydrogens (tertiary/aromatic N) is 1. The van der Waals surface area contributed by atoms with Gasteiger partial charge in [0, 0.05) is 17.5 Å². The van der Waals surface area contributed by atoms with E-state index in [0.29, 0.717) is 5.56 Å². The monoisotopic (exact) mass is 265 g/mol. The van der Waals surface area contributed by atoms with Crippen LogP contribution in [0.15, 0.2) is 54.7 Å². The highest BCUT2D eigenvalue weighted by atomic mass is 16.5. The largest absolute Gasteiger partial charge is 0.465 e. The lowest BCUT2D eigenvalue weighted by Gasteiger charge is -2.04. The summed E-state index contributed by atoms with van der Waals surface area (Å²) >= 11 is 0. The molecule has 0 N–H and O–H groups in total. The number of methoxy groups -OCH3 is 1. The van der Waals surface area contributed by atoms with Crippen LogP contribution in [0.4, 0.5) is 0 Å². The number of aryl methyl sites for hydroxylation is 1. The van der Waals surface area contributed by atoms with Crippen LogP contribution in [0.5, 0.6) is 0 Å². The number of hydrogen-bond acceptors (Lipinski definition) is 2. The van der Waals surface area contributed by atoms with Gasteiger partial charge in [0.1, 0.15) is 0 Å². The third-order valence-electron chi connectivity index (χ3n) is 3.54. The van der Waals surface area contributed by atoms with Crippen molar-refractivity contribution < 1.29 is 9.53 Å². The van der Waals surface area contributed by atoms with Gasteiger partial charge in [0.2, 0.25) is 0 Å². The van der Waals surface area contributed by atoms with Gasteiger partial charge in [0.15, 0.2) is 0 Å². The van der Waals surface area contributed by atoms with Crippen LogP contribution >= 0.6 is 0 Å². The third-order valence-corrected chi connectivity index (χ3v) is 3.54. The van der Waals surface area contributed by atoms with E-state index in [1.165, 1.54) is 7.11 Å². The highest BCUT2D eigenvalue weighted by Crippen LogP contribution is 2.33. The lowest BCUT2D eigenvalue weighted by Crippen LogP contribution is -2.02. The predicted octanol–water partition coefficient (Wildman–Crippen LogP) is 3.70. The van der Waals surface area contributed by atoms with E-state index < -0.39 is 0 Å². The zero-order valence-corrected chi connectivity index (χ0v) is 11.5. The topological polar surface area (TPSA) is 30.7 Å². The number of benzene rings is 1. The normalized spacial score (nSPS) is 10.7. The van der Waals surface area contributed by atoms with E-state index in [9.17, 15) is 4.79 Å². The van der Waals surface area contributed by atoms with Crippen LogP contribution in [-0.4, -0.2) is 17.5 Å². The zero-order valence-electron chi connectivity index (χ0n) is 11.5. The summed E-state index contributed by atoms with van der Waals surface area (Å²) in [6, 6.07) is 15.7. The van der Waals surface area contributed by atoms with Crippen molar-refractivity contribution >= 4 is 11.5 Å². The van der Waals surface area contributed by atoms with Crippen LogP contribution in [-0.2, 0) is 4.74 Å². The number of hydrogen-bond donors (Lipinski definition) is 0. The predicted molar refractivity (Wildman–Crippen MR) is 78.9 cm³/mol. The van der Waals surface area contributed by atoms with Crippen LogP contribution in [0.1, 0.15) is 16.1 Å². The summed E-state index contributed by atoms with van der Waals surface area (Å²) < 4.78 is 6.99. The van der Waals surface area contributed by atoms with Gasteiger partial charge in [0.25, 0.3) is 0 Å². The van der Waals surface area contributed by atoms with Crippen molar-refractivity contribution in [3.8, 4) is 11.1 Å². The molecular weight excluding hydrogens is 250 g/mol. The summed E-state index contributed by atoms with van der Waals surface area (Å²) in [5, 5.41) is 0. The van der Waals surface area contributed by atoms with Crippen molar-refractivity contribution in [3.63, 3.8) is 0 Å². The van der Waals surface area contributed by atoms with Gasteiger partial charge in [-0.1, -0.05) is 36.4 Å². The molecule has 0 fully saturated rings. The second-order valence-electron chi connectivity index (χ2n) is 4.65. The number of carbonyl (C=O) groups excluding carboxylic acids is 1. The van der Waals surface area contributed by atoms with Crippen LogP contribution < -0.4 is 0 Å². The van der Waals surface area contributed by atoms with Gasteiger partial charge in [-0.15, -0.1) is 0 Å². The molecule has 3 aromatic rings. The van der Waals surface area contributed by atoms with E-state index in [2.05, 4.69) is 0 Å². The molecule has 0 aliphatic carbocycles. The third kappa shape index (κ3) is 1.79. The molecule has 2 heterocycles. The summed E-state index contributed by atoms with van der Waals surface area (Å²) in [6.45, 7) is 2.02. The Morgan fingerprint density at radius 1 is 1.05 bits per heavy atom. The van der Waals surface area contributed by atoms with E-state index >= 15 is 0 Å². The molecule has 0 saturated heterocycles. The Labute approximate surface area is 117 Å². The molecule has 0 radical (unpaired) electrons. The maximum atomic E-state index is 12.2. The van der Waals surface area contributed by atoms with E-state index in [-0.39, 0.29) is 5.97 Å². The Hall–Kier alpha value is -2.55. The van der Waals surface area contributed by atoms with Crippen molar-refractivity contribution in [2.24, 2.45) is 0 Å². The first-order chi connectivity index (χ1) is 9.74. The van der Waals surface area contributed by atoms with Crippen molar-refractivity contribution in [2.75, 3.05) is 7.11 Å². The van der Waals surface area contributed by atoms with Gasteiger partial charge in [0.05, 0.1) is 18.2 Å². The summed E-state index contributed by atoms with van der Waals surface area (Å²) in [5.41, 5.74) is 4.48. The van der Waals surface area contributed by atoms with Crippen LogP contribution in [0.25, 0.3) is 16.6 Å². The van der Waals surface area contributed by atoms with E-state index in [0.717, 1.165) is 22.3 Å². The Balaban J connectivity index is 2.41. The molecule has 2 aromatic heterocycles. The Morgan fingerprint density at radius 3 is 2.45 bits per heavy atom. The van der Waals surface area contributed by atoms with Crippen LogP contribution in [0.3, 0.4) is 0 Å². The molecule has 0 spiro atoms. The van der Waals surface area contributed by atoms with E-state index in [1.54, 1.807) is 0 Å². The summed E-state index contributed by atoms with van der Waals surface area (Å²) in [7, 11) is 1.42. The summed E-state index contributed by atoms with van der Waals surface area (Å²) in [6.07, 6.45) is 1.96. The van der Waals surface area contributed by atoms with Crippen LogP contribution in [0, 0.1) is 6.92 Å². The molecule has 0 bridgehead atoms. The maximum Gasteiger partial charge on any atom is 0.340 e. The molecule has 100 valence electrons. The minimum absolute atomic E-state index is 0.305. The lowest BCUT2D eigenvalue weighted by atomic mass is 10.0. The fourth-order valence-corrected chi connectivity index (χ4v) is 2.64. The van der Waals surface area contributed by atoms with Gasteiger partial charge in [-0.3, -0.25) is 0 Å². The average Bonchev–Trinajstić information content (AvgIpc) is 2.81. The van der Waals surface area contributed by atoms with Gasteiger partial charge in [-0.2, -0.15) is 0 Å². The summed E-state index contributed by atoms with van der Waals surface area (Å²) in [4.78, 5) is 12.2. The Bertz CT molecular complexity index is 772. The Kier molecular flexibility index (Phi) is 3.03. The highest BCUT2D eigenvalue weighted by molar-refractivity contribution is 6.05. The minimum Gasteiger partial charge on any atom is -0.465 e. The second-order valence-corrected chi connectivity index (χ2v) is 4.65.